The highest BCUT2D eigenvalue weighted by Crippen LogP contribution is 2.44. The van der Waals surface area contributed by atoms with Gasteiger partial charge in [0.25, 0.3) is 6.02 Å². The van der Waals surface area contributed by atoms with Gasteiger partial charge in [-0.3, -0.25) is 0 Å². The highest BCUT2D eigenvalue weighted by molar-refractivity contribution is 6.08. The Morgan fingerprint density at radius 1 is 1.17 bits per heavy atom. The van der Waals surface area contributed by atoms with E-state index in [1.165, 1.54) is 12.0 Å². The van der Waals surface area contributed by atoms with Crippen LogP contribution in [0.5, 0.6) is 5.75 Å². The lowest BCUT2D eigenvalue weighted by Gasteiger charge is -2.38. The second-order valence-corrected chi connectivity index (χ2v) is 8.26. The van der Waals surface area contributed by atoms with Crippen LogP contribution in [-0.2, 0) is 4.74 Å². The van der Waals surface area contributed by atoms with Crippen molar-refractivity contribution in [1.82, 2.24) is 5.32 Å². The molecule has 154 valence electrons. The number of nitrogens with zero attached hydrogens (tertiary/aromatic N) is 2. The molecule has 5 nitrogen and oxygen atoms in total. The molecule has 1 saturated carbocycles. The van der Waals surface area contributed by atoms with E-state index in [2.05, 4.69) is 46.8 Å². The summed E-state index contributed by atoms with van der Waals surface area (Å²) in [6.45, 7) is 2.44. The van der Waals surface area contributed by atoms with Gasteiger partial charge in [0.15, 0.2) is 12.0 Å². The number of aromatic hydroxyl groups is 1. The number of rotatable bonds is 3. The zero-order valence-electron chi connectivity index (χ0n) is 17.2. The first-order chi connectivity index (χ1) is 14.7. The molecule has 0 bridgehead atoms. The summed E-state index contributed by atoms with van der Waals surface area (Å²) in [5.41, 5.74) is 3.26. The molecule has 0 radical (unpaired) electrons. The fourth-order valence-corrected chi connectivity index (χ4v) is 4.84. The van der Waals surface area contributed by atoms with Crippen LogP contribution in [0.4, 0.5) is 0 Å². The molecule has 1 aliphatic heterocycles. The van der Waals surface area contributed by atoms with E-state index in [0.29, 0.717) is 41.8 Å². The zero-order chi connectivity index (χ0) is 20.5. The Morgan fingerprint density at radius 2 is 2.00 bits per heavy atom. The van der Waals surface area contributed by atoms with Crippen LogP contribution in [0.3, 0.4) is 0 Å². The molecule has 4 atom stereocenters. The van der Waals surface area contributed by atoms with E-state index in [-0.39, 0.29) is 5.75 Å². The van der Waals surface area contributed by atoms with E-state index in [1.54, 1.807) is 6.07 Å². The first-order valence-corrected chi connectivity index (χ1v) is 10.8. The molecule has 1 aromatic rings. The monoisotopic (exact) mass is 401 g/mol. The molecule has 0 amide bonds. The lowest BCUT2D eigenvalue weighted by Crippen LogP contribution is -2.35. The molecule has 5 heteroatoms. The SMILES string of the molecule is CCOC1=NC(C2=CCC3CC4C=CC=CC4CC3=C2)=NC(c2ccccc2O)N1. The second kappa shape index (κ2) is 7.98. The van der Waals surface area contributed by atoms with Gasteiger partial charge < -0.3 is 15.2 Å². The number of benzene rings is 1. The van der Waals surface area contributed by atoms with E-state index in [9.17, 15) is 5.11 Å². The number of ether oxygens (including phenoxy) is 1. The van der Waals surface area contributed by atoms with Gasteiger partial charge in [-0.1, -0.05) is 60.2 Å². The Morgan fingerprint density at radius 3 is 2.83 bits per heavy atom. The van der Waals surface area contributed by atoms with Crippen molar-refractivity contribution < 1.29 is 9.84 Å². The molecule has 2 N–H and O–H groups in total. The molecule has 3 aliphatic carbocycles. The first-order valence-electron chi connectivity index (χ1n) is 10.8. The van der Waals surface area contributed by atoms with Gasteiger partial charge in [0.2, 0.25) is 0 Å². The van der Waals surface area contributed by atoms with E-state index in [4.69, 9.17) is 9.73 Å². The third kappa shape index (κ3) is 3.60. The largest absolute Gasteiger partial charge is 0.508 e. The molecule has 0 spiro atoms. The minimum absolute atomic E-state index is 0.211. The van der Waals surface area contributed by atoms with Crippen molar-refractivity contribution in [2.45, 2.75) is 32.4 Å². The van der Waals surface area contributed by atoms with Crippen molar-refractivity contribution in [1.29, 1.82) is 0 Å². The lowest BCUT2D eigenvalue weighted by atomic mass is 9.67. The van der Waals surface area contributed by atoms with Crippen molar-refractivity contribution in [2.75, 3.05) is 6.61 Å². The number of fused-ring (bicyclic) bond motifs is 2. The fraction of sp³-hybridized carbons (Fsp3) is 0.360. The predicted molar refractivity (Wildman–Crippen MR) is 119 cm³/mol. The Bertz CT molecular complexity index is 1010. The third-order valence-corrected chi connectivity index (χ3v) is 6.38. The molecule has 1 aromatic carbocycles. The van der Waals surface area contributed by atoms with Crippen LogP contribution in [0.1, 0.15) is 37.9 Å². The molecule has 4 aliphatic rings. The lowest BCUT2D eigenvalue weighted by molar-refractivity contribution is 0.302. The van der Waals surface area contributed by atoms with Crippen molar-refractivity contribution >= 4 is 11.9 Å². The number of phenolic OH excluding ortho intramolecular Hbond substituents is 1. The second-order valence-electron chi connectivity index (χ2n) is 8.26. The van der Waals surface area contributed by atoms with Crippen molar-refractivity contribution in [3.63, 3.8) is 0 Å². The Kier molecular flexibility index (Phi) is 5.03. The highest BCUT2D eigenvalue weighted by Gasteiger charge is 2.33. The van der Waals surface area contributed by atoms with Crippen LogP contribution in [0.2, 0.25) is 0 Å². The van der Waals surface area contributed by atoms with Crippen LogP contribution in [0, 0.1) is 17.8 Å². The number of para-hydroxylation sites is 1. The van der Waals surface area contributed by atoms with Gasteiger partial charge in [-0.25, -0.2) is 4.99 Å². The minimum Gasteiger partial charge on any atom is -0.508 e. The number of hydrogen-bond donors (Lipinski definition) is 2. The van der Waals surface area contributed by atoms with E-state index < -0.39 is 6.17 Å². The number of nitrogens with one attached hydrogen (secondary N) is 1. The summed E-state index contributed by atoms with van der Waals surface area (Å²) in [5.74, 6) is 2.75. The summed E-state index contributed by atoms with van der Waals surface area (Å²) in [7, 11) is 0. The molecular formula is C25H27N3O2. The van der Waals surface area contributed by atoms with Crippen LogP contribution in [0.25, 0.3) is 0 Å². The van der Waals surface area contributed by atoms with Crippen LogP contribution in [-0.4, -0.2) is 23.6 Å². The summed E-state index contributed by atoms with van der Waals surface area (Å²) in [6, 6.07) is 7.70. The van der Waals surface area contributed by atoms with Crippen LogP contribution < -0.4 is 5.32 Å². The van der Waals surface area contributed by atoms with Gasteiger partial charge in [0, 0.05) is 11.1 Å². The van der Waals surface area contributed by atoms with Crippen LogP contribution in [0.15, 0.2) is 81.9 Å². The van der Waals surface area contributed by atoms with Gasteiger partial charge >= 0.3 is 0 Å². The maximum Gasteiger partial charge on any atom is 0.293 e. The average molecular weight is 402 g/mol. The van der Waals surface area contributed by atoms with E-state index in [0.717, 1.165) is 18.4 Å². The predicted octanol–water partition coefficient (Wildman–Crippen LogP) is 4.81. The number of aliphatic imine (C=N–C) groups is 2. The van der Waals surface area contributed by atoms with Gasteiger partial charge in [0.05, 0.1) is 6.61 Å². The standard InChI is InChI=1S/C25H27N3O2/c1-2-30-25-27-23(26-24(28-25)21-9-5-6-10-22(21)29)19-12-11-18-13-16-7-3-4-8-17(16)14-20(18)15-19/h3-10,12,15-18,24,29H,2,11,13-14H2,1H3,(H,26,27,28). The van der Waals surface area contributed by atoms with Gasteiger partial charge in [-0.2, -0.15) is 4.99 Å². The maximum absolute atomic E-state index is 10.3. The van der Waals surface area contributed by atoms with E-state index in [1.807, 2.05) is 25.1 Å². The maximum atomic E-state index is 10.3. The fourth-order valence-electron chi connectivity index (χ4n) is 4.84. The summed E-state index contributed by atoms with van der Waals surface area (Å²) in [5, 5.41) is 13.5. The van der Waals surface area contributed by atoms with Gasteiger partial charge in [-0.05, 0) is 50.0 Å². The smallest absolute Gasteiger partial charge is 0.293 e. The van der Waals surface area contributed by atoms with Crippen molar-refractivity contribution in [2.24, 2.45) is 27.7 Å². The molecule has 5 rings (SSSR count). The zero-order valence-corrected chi connectivity index (χ0v) is 17.2. The van der Waals surface area contributed by atoms with Crippen molar-refractivity contribution in [3.05, 3.63) is 77.4 Å². The van der Waals surface area contributed by atoms with Gasteiger partial charge in [-0.15, -0.1) is 0 Å². The normalized spacial score (nSPS) is 29.5. The third-order valence-electron chi connectivity index (χ3n) is 6.38. The minimum atomic E-state index is -0.431. The molecular weight excluding hydrogens is 374 g/mol. The molecule has 1 fully saturated rings. The molecule has 4 unspecified atom stereocenters. The van der Waals surface area contributed by atoms with E-state index >= 15 is 0 Å². The number of amidine groups is 2. The summed E-state index contributed by atoms with van der Waals surface area (Å²) < 4.78 is 5.68. The topological polar surface area (TPSA) is 66.2 Å². The molecule has 1 heterocycles. The molecule has 0 saturated heterocycles. The van der Waals surface area contributed by atoms with Gasteiger partial charge in [0.1, 0.15) is 5.75 Å². The number of phenols is 1. The van der Waals surface area contributed by atoms with Crippen LogP contribution >= 0.6 is 0 Å². The Balaban J connectivity index is 1.45. The summed E-state index contributed by atoms with van der Waals surface area (Å²) in [4.78, 5) is 9.46. The highest BCUT2D eigenvalue weighted by atomic mass is 16.5. The number of hydrogen-bond acceptors (Lipinski definition) is 5. The Labute approximate surface area is 177 Å². The molecule has 30 heavy (non-hydrogen) atoms. The average Bonchev–Trinajstić information content (AvgIpc) is 2.77. The summed E-state index contributed by atoms with van der Waals surface area (Å²) in [6.07, 6.45) is 16.5. The summed E-state index contributed by atoms with van der Waals surface area (Å²) >= 11 is 0. The Hall–Kier alpha value is -3.08. The molecule has 0 aromatic heterocycles. The first kappa shape index (κ1) is 18.9. The van der Waals surface area contributed by atoms with Crippen molar-refractivity contribution in [3.8, 4) is 5.75 Å². The number of allylic oxidation sites excluding steroid dienone is 6. The quantitative estimate of drug-likeness (QED) is 0.764.